The molecule has 6 heteroatoms. The zero-order valence-corrected chi connectivity index (χ0v) is 12.2. The first-order chi connectivity index (χ1) is 9.34. The van der Waals surface area contributed by atoms with E-state index in [4.69, 9.17) is 0 Å². The Morgan fingerprint density at radius 1 is 1.30 bits per heavy atom. The number of alkyl halides is 3. The molecule has 1 aromatic rings. The molecule has 2 nitrogen and oxygen atoms in total. The molecule has 0 heterocycles. The lowest BCUT2D eigenvalue weighted by atomic mass is 10.1. The molecule has 1 rings (SSSR count). The molecular formula is C14H12BrF3O2. The van der Waals surface area contributed by atoms with Crippen molar-refractivity contribution in [2.24, 2.45) is 0 Å². The Labute approximate surface area is 123 Å². The van der Waals surface area contributed by atoms with Crippen molar-refractivity contribution in [2.45, 2.75) is 13.1 Å². The van der Waals surface area contributed by atoms with Crippen LogP contribution in [0.2, 0.25) is 0 Å². The van der Waals surface area contributed by atoms with Gasteiger partial charge in [0.05, 0.1) is 12.2 Å². The quantitative estimate of drug-likeness (QED) is 0.453. The number of carbonyl (C=O) groups is 1. The fraction of sp³-hybridized carbons (Fsp3) is 0.214. The minimum atomic E-state index is -4.35. The molecule has 0 spiro atoms. The molecule has 0 fully saturated rings. The average molecular weight is 349 g/mol. The van der Waals surface area contributed by atoms with Crippen LogP contribution in [0.3, 0.4) is 0 Å². The van der Waals surface area contributed by atoms with E-state index in [1.807, 2.05) is 0 Å². The summed E-state index contributed by atoms with van der Waals surface area (Å²) in [6.07, 6.45) is -0.105. The molecule has 108 valence electrons. The fourth-order valence-electron chi connectivity index (χ4n) is 1.32. The first-order valence-electron chi connectivity index (χ1n) is 5.73. The first kappa shape index (κ1) is 16.5. The second-order valence-electron chi connectivity index (χ2n) is 3.70. The molecular weight excluding hydrogens is 337 g/mol. The summed E-state index contributed by atoms with van der Waals surface area (Å²) in [5.74, 6) is -0.475. The highest BCUT2D eigenvalue weighted by Crippen LogP contribution is 2.30. The van der Waals surface area contributed by atoms with Crippen LogP contribution in [0.25, 0.3) is 4.48 Å². The van der Waals surface area contributed by atoms with Gasteiger partial charge < -0.3 is 4.74 Å². The van der Waals surface area contributed by atoms with Crippen molar-refractivity contribution in [2.75, 3.05) is 6.61 Å². The van der Waals surface area contributed by atoms with E-state index in [1.54, 1.807) is 13.0 Å². The van der Waals surface area contributed by atoms with E-state index in [0.29, 0.717) is 10.0 Å². The fourth-order valence-corrected chi connectivity index (χ4v) is 1.73. The van der Waals surface area contributed by atoms with Crippen LogP contribution in [0.15, 0.2) is 42.5 Å². The highest BCUT2D eigenvalue weighted by Gasteiger charge is 2.29. The largest absolute Gasteiger partial charge is 0.463 e. The van der Waals surface area contributed by atoms with Gasteiger partial charge in [0.1, 0.15) is 0 Å². The summed E-state index contributed by atoms with van der Waals surface area (Å²) in [5, 5.41) is 0. The maximum Gasteiger partial charge on any atom is 0.416 e. The number of allylic oxidation sites excluding steroid dienone is 2. The zero-order chi connectivity index (χ0) is 15.2. The van der Waals surface area contributed by atoms with E-state index >= 15 is 0 Å². The van der Waals surface area contributed by atoms with Gasteiger partial charge in [-0.25, -0.2) is 4.79 Å². The Morgan fingerprint density at radius 2 is 1.90 bits per heavy atom. The van der Waals surface area contributed by atoms with Crippen LogP contribution in [0.1, 0.15) is 18.1 Å². The third-order valence-electron chi connectivity index (χ3n) is 2.25. The molecule has 0 aliphatic rings. The van der Waals surface area contributed by atoms with Crippen LogP contribution in [0, 0.1) is 0 Å². The van der Waals surface area contributed by atoms with Crippen LogP contribution in [0.5, 0.6) is 0 Å². The molecule has 0 saturated heterocycles. The topological polar surface area (TPSA) is 26.3 Å². The normalized spacial score (nSPS) is 12.8. The number of halogens is 4. The van der Waals surface area contributed by atoms with E-state index < -0.39 is 17.7 Å². The van der Waals surface area contributed by atoms with Gasteiger partial charge in [-0.15, -0.1) is 0 Å². The van der Waals surface area contributed by atoms with Crippen molar-refractivity contribution < 1.29 is 22.7 Å². The lowest BCUT2D eigenvalue weighted by Gasteiger charge is -2.07. The SMILES string of the molecule is CCOC(=O)C=CC=C(Br)c1ccc(C(F)(F)F)cc1. The summed E-state index contributed by atoms with van der Waals surface area (Å²) in [6, 6.07) is 4.70. The molecule has 0 bridgehead atoms. The molecule has 0 aromatic heterocycles. The Morgan fingerprint density at radius 3 is 2.40 bits per heavy atom. The summed E-state index contributed by atoms with van der Waals surface area (Å²) >= 11 is 3.23. The minimum absolute atomic E-state index is 0.285. The van der Waals surface area contributed by atoms with Crippen molar-refractivity contribution in [1.82, 2.24) is 0 Å². The van der Waals surface area contributed by atoms with Gasteiger partial charge in [0.2, 0.25) is 0 Å². The van der Waals surface area contributed by atoms with E-state index in [0.717, 1.165) is 12.1 Å². The van der Waals surface area contributed by atoms with Crippen LogP contribution in [0.4, 0.5) is 13.2 Å². The van der Waals surface area contributed by atoms with Gasteiger partial charge in [0, 0.05) is 10.6 Å². The summed E-state index contributed by atoms with van der Waals surface area (Å²) in [7, 11) is 0. The molecule has 1 aromatic carbocycles. The second-order valence-corrected chi connectivity index (χ2v) is 4.56. The van der Waals surface area contributed by atoms with Gasteiger partial charge in [-0.2, -0.15) is 13.2 Å². The van der Waals surface area contributed by atoms with Gasteiger partial charge in [0.25, 0.3) is 0 Å². The monoisotopic (exact) mass is 348 g/mol. The number of esters is 1. The standard InChI is InChI=1S/C14H12BrF3O2/c1-2-20-13(19)5-3-4-12(15)10-6-8-11(9-7-10)14(16,17)18/h3-9H,2H2,1H3. The van der Waals surface area contributed by atoms with E-state index in [-0.39, 0.29) is 6.61 Å². The molecule has 0 aliphatic heterocycles. The van der Waals surface area contributed by atoms with Crippen LogP contribution in [-0.4, -0.2) is 12.6 Å². The van der Waals surface area contributed by atoms with Gasteiger partial charge in [-0.1, -0.05) is 34.1 Å². The molecule has 0 atom stereocenters. The lowest BCUT2D eigenvalue weighted by Crippen LogP contribution is -2.04. The molecule has 0 N–H and O–H groups in total. The number of rotatable bonds is 4. The molecule has 0 saturated carbocycles. The summed E-state index contributed by atoms with van der Waals surface area (Å²) < 4.78 is 42.4. The highest BCUT2D eigenvalue weighted by molar-refractivity contribution is 9.15. The van der Waals surface area contributed by atoms with Gasteiger partial charge in [-0.3, -0.25) is 0 Å². The molecule has 20 heavy (non-hydrogen) atoms. The van der Waals surface area contributed by atoms with Crippen LogP contribution in [-0.2, 0) is 15.7 Å². The van der Waals surface area contributed by atoms with Crippen molar-refractivity contribution in [3.05, 3.63) is 53.6 Å². The zero-order valence-electron chi connectivity index (χ0n) is 10.6. The smallest absolute Gasteiger partial charge is 0.416 e. The van der Waals surface area contributed by atoms with Gasteiger partial charge in [-0.05, 0) is 30.7 Å². The van der Waals surface area contributed by atoms with Crippen molar-refractivity contribution in [3.8, 4) is 0 Å². The summed E-state index contributed by atoms with van der Waals surface area (Å²) in [5.41, 5.74) is -0.130. The predicted octanol–water partition coefficient (Wildman–Crippen LogP) is 4.56. The van der Waals surface area contributed by atoms with Crippen LogP contribution < -0.4 is 0 Å². The molecule has 0 amide bonds. The first-order valence-corrected chi connectivity index (χ1v) is 6.52. The highest BCUT2D eigenvalue weighted by atomic mass is 79.9. The number of ether oxygens (including phenoxy) is 1. The number of benzene rings is 1. The number of carbonyl (C=O) groups excluding carboxylic acids is 1. The minimum Gasteiger partial charge on any atom is -0.463 e. The summed E-state index contributed by atoms with van der Waals surface area (Å²) in [6.45, 7) is 1.98. The Balaban J connectivity index is 2.77. The molecule has 0 radical (unpaired) electrons. The number of hydrogen-bond acceptors (Lipinski definition) is 2. The van der Waals surface area contributed by atoms with Gasteiger partial charge in [0.15, 0.2) is 0 Å². The van der Waals surface area contributed by atoms with E-state index in [9.17, 15) is 18.0 Å². The maximum absolute atomic E-state index is 12.4. The Hall–Kier alpha value is -1.56. The molecule has 0 aliphatic carbocycles. The average Bonchev–Trinajstić information content (AvgIpc) is 2.38. The van der Waals surface area contributed by atoms with Crippen LogP contribution >= 0.6 is 15.9 Å². The maximum atomic E-state index is 12.4. The Kier molecular flexibility index (Phi) is 6.01. The second kappa shape index (κ2) is 7.28. The van der Waals surface area contributed by atoms with E-state index in [1.165, 1.54) is 24.3 Å². The number of hydrogen-bond donors (Lipinski definition) is 0. The van der Waals surface area contributed by atoms with Crippen molar-refractivity contribution >= 4 is 26.4 Å². The van der Waals surface area contributed by atoms with E-state index in [2.05, 4.69) is 20.7 Å². The summed E-state index contributed by atoms with van der Waals surface area (Å²) in [4.78, 5) is 11.0. The molecule has 0 unspecified atom stereocenters. The van der Waals surface area contributed by atoms with Gasteiger partial charge >= 0.3 is 12.1 Å². The third-order valence-corrected chi connectivity index (χ3v) is 2.97. The van der Waals surface area contributed by atoms with Crippen molar-refractivity contribution in [1.29, 1.82) is 0 Å². The third kappa shape index (κ3) is 5.21. The predicted molar refractivity (Wildman–Crippen MR) is 74.1 cm³/mol. The Bertz CT molecular complexity index is 516. The lowest BCUT2D eigenvalue weighted by molar-refractivity contribution is -0.138. The van der Waals surface area contributed by atoms with Crippen molar-refractivity contribution in [3.63, 3.8) is 0 Å².